The van der Waals surface area contributed by atoms with E-state index in [0.717, 1.165) is 32.7 Å². The molecular formula is C24H25BrClNO3. The molecule has 3 aromatic carbocycles. The number of hydrogen-bond donors (Lipinski definition) is 1. The van der Waals surface area contributed by atoms with Crippen LogP contribution in [0.2, 0.25) is 5.02 Å². The van der Waals surface area contributed by atoms with Gasteiger partial charge in [-0.25, -0.2) is 0 Å². The van der Waals surface area contributed by atoms with Crippen LogP contribution in [0.25, 0.3) is 0 Å². The smallest absolute Gasteiger partial charge is 0.162 e. The van der Waals surface area contributed by atoms with Crippen LogP contribution in [0.15, 0.2) is 65.1 Å². The Bertz CT molecular complexity index is 980. The quantitative estimate of drug-likeness (QED) is 0.358. The van der Waals surface area contributed by atoms with Gasteiger partial charge in [-0.3, -0.25) is 0 Å². The molecule has 0 radical (unpaired) electrons. The monoisotopic (exact) mass is 489 g/mol. The van der Waals surface area contributed by atoms with Crippen LogP contribution < -0.4 is 19.5 Å². The van der Waals surface area contributed by atoms with Gasteiger partial charge in [-0.2, -0.15) is 0 Å². The predicted molar refractivity (Wildman–Crippen MR) is 125 cm³/mol. The lowest BCUT2D eigenvalue weighted by atomic mass is 10.1. The van der Waals surface area contributed by atoms with Crippen LogP contribution in [-0.2, 0) is 19.7 Å². The first-order chi connectivity index (χ1) is 14.6. The van der Waals surface area contributed by atoms with Gasteiger partial charge in [0.15, 0.2) is 11.5 Å². The largest absolute Gasteiger partial charge is 0.496 e. The Balaban J connectivity index is 1.69. The minimum absolute atomic E-state index is 0.415. The number of benzene rings is 3. The van der Waals surface area contributed by atoms with E-state index in [2.05, 4.69) is 27.3 Å². The van der Waals surface area contributed by atoms with Gasteiger partial charge in [-0.1, -0.05) is 57.9 Å². The third-order valence-corrected chi connectivity index (χ3v) is 5.49. The van der Waals surface area contributed by atoms with Crippen LogP contribution >= 0.6 is 27.5 Å². The van der Waals surface area contributed by atoms with Crippen molar-refractivity contribution in [2.75, 3.05) is 13.7 Å². The van der Waals surface area contributed by atoms with Gasteiger partial charge in [0.1, 0.15) is 12.4 Å². The van der Waals surface area contributed by atoms with E-state index >= 15 is 0 Å². The summed E-state index contributed by atoms with van der Waals surface area (Å²) < 4.78 is 18.2. The molecule has 3 rings (SSSR count). The Labute approximate surface area is 191 Å². The highest BCUT2D eigenvalue weighted by Crippen LogP contribution is 2.34. The fourth-order valence-electron chi connectivity index (χ4n) is 3.06. The van der Waals surface area contributed by atoms with Gasteiger partial charge >= 0.3 is 0 Å². The fraction of sp³-hybridized carbons (Fsp3) is 0.250. The Morgan fingerprint density at radius 1 is 0.867 bits per heavy atom. The standard InChI is InChI=1S/C24H25BrClNO3/c1-3-29-23-12-19(15-27-14-18-8-4-5-10-22(18)28-2)21(25)13-24(23)30-16-17-7-6-9-20(26)11-17/h4-13,27H,3,14-16H2,1-2H3. The van der Waals surface area contributed by atoms with Crippen molar-refractivity contribution in [2.45, 2.75) is 26.6 Å². The van der Waals surface area contributed by atoms with Crippen molar-refractivity contribution in [2.24, 2.45) is 0 Å². The number of nitrogens with one attached hydrogen (secondary N) is 1. The summed E-state index contributed by atoms with van der Waals surface area (Å²) in [7, 11) is 1.69. The molecule has 3 aromatic rings. The van der Waals surface area contributed by atoms with Crippen LogP contribution in [0, 0.1) is 0 Å². The molecule has 1 N–H and O–H groups in total. The lowest BCUT2D eigenvalue weighted by molar-refractivity contribution is 0.269. The summed E-state index contributed by atoms with van der Waals surface area (Å²) in [5.41, 5.74) is 3.20. The molecule has 0 unspecified atom stereocenters. The molecule has 0 saturated carbocycles. The third kappa shape index (κ3) is 6.14. The van der Waals surface area contributed by atoms with Crippen LogP contribution in [0.4, 0.5) is 0 Å². The molecule has 6 heteroatoms. The Morgan fingerprint density at radius 2 is 1.63 bits per heavy atom. The maximum Gasteiger partial charge on any atom is 0.162 e. The minimum atomic E-state index is 0.415. The molecule has 0 saturated heterocycles. The van der Waals surface area contributed by atoms with Crippen molar-refractivity contribution in [3.63, 3.8) is 0 Å². The first-order valence-corrected chi connectivity index (χ1v) is 10.9. The highest BCUT2D eigenvalue weighted by molar-refractivity contribution is 9.10. The second-order valence-electron chi connectivity index (χ2n) is 6.66. The summed E-state index contributed by atoms with van der Waals surface area (Å²) in [6.07, 6.45) is 0. The summed E-state index contributed by atoms with van der Waals surface area (Å²) in [4.78, 5) is 0. The summed E-state index contributed by atoms with van der Waals surface area (Å²) in [5.74, 6) is 2.29. The van der Waals surface area contributed by atoms with E-state index in [4.69, 9.17) is 25.8 Å². The summed E-state index contributed by atoms with van der Waals surface area (Å²) in [6.45, 7) is 4.31. The zero-order valence-electron chi connectivity index (χ0n) is 17.1. The molecule has 4 nitrogen and oxygen atoms in total. The van der Waals surface area contributed by atoms with Gasteiger partial charge in [0.2, 0.25) is 0 Å². The highest BCUT2D eigenvalue weighted by Gasteiger charge is 2.12. The maximum atomic E-state index is 6.06. The molecule has 0 bridgehead atoms. The van der Waals surface area contributed by atoms with Gasteiger partial charge < -0.3 is 19.5 Å². The number of halogens is 2. The molecular weight excluding hydrogens is 466 g/mol. The van der Waals surface area contributed by atoms with Crippen molar-refractivity contribution < 1.29 is 14.2 Å². The second-order valence-corrected chi connectivity index (χ2v) is 7.95. The van der Waals surface area contributed by atoms with Gasteiger partial charge in [0.25, 0.3) is 0 Å². The van der Waals surface area contributed by atoms with Crippen molar-refractivity contribution in [1.29, 1.82) is 0 Å². The van der Waals surface area contributed by atoms with E-state index in [-0.39, 0.29) is 0 Å². The number of methoxy groups -OCH3 is 1. The molecule has 0 fully saturated rings. The van der Waals surface area contributed by atoms with E-state index in [1.54, 1.807) is 7.11 Å². The van der Waals surface area contributed by atoms with Crippen molar-refractivity contribution in [3.8, 4) is 17.2 Å². The van der Waals surface area contributed by atoms with E-state index in [9.17, 15) is 0 Å². The molecule has 0 amide bonds. The molecule has 0 atom stereocenters. The lowest BCUT2D eigenvalue weighted by Crippen LogP contribution is -2.14. The summed E-state index contributed by atoms with van der Waals surface area (Å²) in [6, 6.07) is 19.6. The first-order valence-electron chi connectivity index (χ1n) is 9.75. The topological polar surface area (TPSA) is 39.7 Å². The average Bonchev–Trinajstić information content (AvgIpc) is 2.75. The Morgan fingerprint density at radius 3 is 2.40 bits per heavy atom. The second kappa shape index (κ2) is 11.3. The van der Waals surface area contributed by atoms with Crippen molar-refractivity contribution >= 4 is 27.5 Å². The lowest BCUT2D eigenvalue weighted by Gasteiger charge is -2.16. The van der Waals surface area contributed by atoms with Gasteiger partial charge in [-0.15, -0.1) is 0 Å². The molecule has 0 aromatic heterocycles. The number of para-hydroxylation sites is 1. The van der Waals surface area contributed by atoms with E-state index in [1.165, 1.54) is 0 Å². The van der Waals surface area contributed by atoms with Crippen LogP contribution in [0.1, 0.15) is 23.6 Å². The maximum absolute atomic E-state index is 6.06. The first kappa shape index (κ1) is 22.5. The van der Waals surface area contributed by atoms with Crippen LogP contribution in [0.5, 0.6) is 17.2 Å². The molecule has 0 aliphatic heterocycles. The Kier molecular flexibility index (Phi) is 8.43. The van der Waals surface area contributed by atoms with E-state index < -0.39 is 0 Å². The third-order valence-electron chi connectivity index (χ3n) is 4.52. The number of rotatable bonds is 10. The minimum Gasteiger partial charge on any atom is -0.496 e. The highest BCUT2D eigenvalue weighted by atomic mass is 79.9. The fourth-order valence-corrected chi connectivity index (χ4v) is 3.74. The predicted octanol–water partition coefficient (Wildman–Crippen LogP) is 6.38. The van der Waals surface area contributed by atoms with Gasteiger partial charge in [-0.05, 0) is 48.4 Å². The molecule has 158 valence electrons. The zero-order chi connectivity index (χ0) is 21.3. The summed E-state index contributed by atoms with van der Waals surface area (Å²) >= 11 is 9.73. The SMILES string of the molecule is CCOc1cc(CNCc2ccccc2OC)c(Br)cc1OCc1cccc(Cl)c1. The zero-order valence-corrected chi connectivity index (χ0v) is 19.4. The van der Waals surface area contributed by atoms with Gasteiger partial charge in [0.05, 0.1) is 13.7 Å². The van der Waals surface area contributed by atoms with Crippen LogP contribution in [-0.4, -0.2) is 13.7 Å². The number of hydrogen-bond acceptors (Lipinski definition) is 4. The molecule has 0 aliphatic carbocycles. The molecule has 0 spiro atoms. The molecule has 0 aliphatic rings. The average molecular weight is 491 g/mol. The Hall–Kier alpha value is -2.21. The molecule has 30 heavy (non-hydrogen) atoms. The van der Waals surface area contributed by atoms with E-state index in [0.29, 0.717) is 37.1 Å². The van der Waals surface area contributed by atoms with Crippen LogP contribution in [0.3, 0.4) is 0 Å². The normalized spacial score (nSPS) is 10.7. The summed E-state index contributed by atoms with van der Waals surface area (Å²) in [5, 5.41) is 4.16. The van der Waals surface area contributed by atoms with Gasteiger partial charge in [0, 0.05) is 28.1 Å². The molecule has 0 heterocycles. The van der Waals surface area contributed by atoms with Crippen molar-refractivity contribution in [3.05, 3.63) is 86.8 Å². The van der Waals surface area contributed by atoms with Crippen molar-refractivity contribution in [1.82, 2.24) is 5.32 Å². The number of ether oxygens (including phenoxy) is 3. The van der Waals surface area contributed by atoms with E-state index in [1.807, 2.05) is 61.5 Å².